The molecule has 3 heterocycles. The van der Waals surface area contributed by atoms with Crippen LogP contribution < -0.4 is 10.1 Å². The Kier molecular flexibility index (Phi) is 9.37. The van der Waals surface area contributed by atoms with E-state index in [1.165, 1.54) is 0 Å². The van der Waals surface area contributed by atoms with Crippen molar-refractivity contribution in [3.05, 3.63) is 83.2 Å². The van der Waals surface area contributed by atoms with E-state index in [9.17, 15) is 4.79 Å². The molecule has 2 aromatic carbocycles. The van der Waals surface area contributed by atoms with Crippen molar-refractivity contribution in [2.24, 2.45) is 0 Å². The summed E-state index contributed by atoms with van der Waals surface area (Å²) < 4.78 is 11.6. The zero-order valence-electron chi connectivity index (χ0n) is 23.1. The number of aryl methyl sites for hydroxylation is 1. The maximum atomic E-state index is 14.3. The van der Waals surface area contributed by atoms with Crippen LogP contribution in [0.25, 0.3) is 5.57 Å². The van der Waals surface area contributed by atoms with E-state index in [-0.39, 0.29) is 18.0 Å². The summed E-state index contributed by atoms with van der Waals surface area (Å²) in [6, 6.07) is 9.87. The van der Waals surface area contributed by atoms with Crippen LogP contribution in [0.15, 0.2) is 42.1 Å². The highest BCUT2D eigenvalue weighted by atomic mass is 35.5. The number of rotatable bonds is 11. The second-order valence-electron chi connectivity index (χ2n) is 11.0. The van der Waals surface area contributed by atoms with Crippen molar-refractivity contribution in [2.75, 3.05) is 13.2 Å². The fourth-order valence-corrected chi connectivity index (χ4v) is 7.76. The number of amides is 1. The van der Waals surface area contributed by atoms with Gasteiger partial charge in [0, 0.05) is 36.4 Å². The average Bonchev–Trinajstić information content (AvgIpc) is 3.57. The molecular weight excluding hydrogens is 636 g/mol. The molecule has 1 aliphatic carbocycles. The van der Waals surface area contributed by atoms with Crippen molar-refractivity contribution < 1.29 is 14.3 Å². The Morgan fingerprint density at radius 1 is 1.07 bits per heavy atom. The lowest BCUT2D eigenvalue weighted by molar-refractivity contribution is -0.128. The number of hydrogen-bond donors (Lipinski definition) is 1. The highest BCUT2D eigenvalue weighted by molar-refractivity contribution is 7.12. The predicted octanol–water partition coefficient (Wildman–Crippen LogP) is 8.13. The van der Waals surface area contributed by atoms with E-state index in [2.05, 4.69) is 10.3 Å². The van der Waals surface area contributed by atoms with Crippen LogP contribution in [0.4, 0.5) is 0 Å². The largest absolute Gasteiger partial charge is 0.488 e. The Labute approximate surface area is 269 Å². The van der Waals surface area contributed by atoms with E-state index < -0.39 is 0 Å². The number of hydrogen-bond acceptors (Lipinski definition) is 6. The molecule has 2 unspecified atom stereocenters. The molecule has 0 spiro atoms. The van der Waals surface area contributed by atoms with Gasteiger partial charge in [-0.25, -0.2) is 4.98 Å². The highest BCUT2D eigenvalue weighted by Crippen LogP contribution is 2.42. The minimum absolute atomic E-state index is 0.0432. The van der Waals surface area contributed by atoms with Crippen LogP contribution in [0.3, 0.4) is 0 Å². The standard InChI is InChI=1S/C31H31Cl4N3O3S/c1-17-11-23(33)30(24(34)12-17)41-10-9-40-16-27-36-14-26(42-27)21-13-19-5-8-25(37-19)28(21)31(39)38(20-6-7-20)15-18-3-2-4-22(32)29(18)35/h2-4,11-12,14,19-20,25,37H,5-10,13,15-16H2,1H3. The van der Waals surface area contributed by atoms with Crippen LogP contribution in [0, 0.1) is 6.92 Å². The second kappa shape index (κ2) is 13.0. The van der Waals surface area contributed by atoms with Gasteiger partial charge in [0.2, 0.25) is 0 Å². The lowest BCUT2D eigenvalue weighted by atomic mass is 9.93. The number of aromatic nitrogens is 1. The first-order chi connectivity index (χ1) is 20.3. The van der Waals surface area contributed by atoms with E-state index in [1.54, 1.807) is 17.4 Å². The Bertz CT molecular complexity index is 1500. The van der Waals surface area contributed by atoms with Crippen molar-refractivity contribution in [3.63, 3.8) is 0 Å². The first kappa shape index (κ1) is 30.2. The molecule has 6 rings (SSSR count). The average molecular weight is 667 g/mol. The maximum absolute atomic E-state index is 14.3. The molecule has 42 heavy (non-hydrogen) atoms. The second-order valence-corrected chi connectivity index (χ2v) is 13.8. The number of fused-ring (bicyclic) bond motifs is 2. The number of nitrogens with one attached hydrogen (secondary N) is 1. The molecule has 1 N–H and O–H groups in total. The summed E-state index contributed by atoms with van der Waals surface area (Å²) in [5.41, 5.74) is 3.81. The summed E-state index contributed by atoms with van der Waals surface area (Å²) in [4.78, 5) is 21.9. The lowest BCUT2D eigenvalue weighted by Crippen LogP contribution is -2.44. The van der Waals surface area contributed by atoms with Gasteiger partial charge >= 0.3 is 0 Å². The van der Waals surface area contributed by atoms with E-state index in [4.69, 9.17) is 55.9 Å². The normalized spacial score (nSPS) is 19.8. The number of carbonyl (C=O) groups excluding carboxylic acids is 1. The summed E-state index contributed by atoms with van der Waals surface area (Å²) in [6.07, 6.45) is 6.70. The van der Waals surface area contributed by atoms with Crippen LogP contribution in [0.5, 0.6) is 5.75 Å². The zero-order valence-corrected chi connectivity index (χ0v) is 26.9. The Balaban J connectivity index is 1.15. The van der Waals surface area contributed by atoms with Crippen molar-refractivity contribution in [1.29, 1.82) is 0 Å². The Hall–Kier alpha value is -1.84. The molecule has 3 aromatic rings. The third kappa shape index (κ3) is 6.63. The Morgan fingerprint density at radius 3 is 2.62 bits per heavy atom. The molecule has 6 nitrogen and oxygen atoms in total. The van der Waals surface area contributed by atoms with E-state index in [1.807, 2.05) is 42.3 Å². The van der Waals surface area contributed by atoms with Crippen molar-refractivity contribution in [1.82, 2.24) is 15.2 Å². The minimum atomic E-state index is 0.0432. The van der Waals surface area contributed by atoms with Gasteiger partial charge in [-0.3, -0.25) is 4.79 Å². The molecule has 222 valence electrons. The third-order valence-corrected chi connectivity index (χ3v) is 10.4. The summed E-state index contributed by atoms with van der Waals surface area (Å²) in [6.45, 7) is 3.40. The summed E-state index contributed by atoms with van der Waals surface area (Å²) in [5.74, 6) is 0.546. The molecule has 2 fully saturated rings. The maximum Gasteiger partial charge on any atom is 0.252 e. The number of ether oxygens (including phenoxy) is 2. The molecule has 1 saturated carbocycles. The molecule has 1 aromatic heterocycles. The first-order valence-electron chi connectivity index (χ1n) is 14.1. The van der Waals surface area contributed by atoms with Gasteiger partial charge < -0.3 is 19.7 Å². The fourth-order valence-electron chi connectivity index (χ4n) is 5.75. The Morgan fingerprint density at radius 2 is 1.86 bits per heavy atom. The van der Waals surface area contributed by atoms with Crippen LogP contribution in [0.2, 0.25) is 20.1 Å². The van der Waals surface area contributed by atoms with Gasteiger partial charge in [0.1, 0.15) is 11.6 Å². The SMILES string of the molecule is Cc1cc(Cl)c(OCCOCc2ncc(C3=C(C(=O)N(Cc4cccc(Cl)c4Cl)C4CC4)C4CCC(C3)N4)s2)c(Cl)c1. The summed E-state index contributed by atoms with van der Waals surface area (Å²) in [5, 5.41) is 6.50. The van der Waals surface area contributed by atoms with Crippen LogP contribution in [0.1, 0.15) is 53.1 Å². The lowest BCUT2D eigenvalue weighted by Gasteiger charge is -2.31. The number of carbonyl (C=O) groups is 1. The monoisotopic (exact) mass is 665 g/mol. The van der Waals surface area contributed by atoms with Crippen LogP contribution in [-0.2, 0) is 22.7 Å². The molecule has 2 atom stereocenters. The number of thiazole rings is 1. The van der Waals surface area contributed by atoms with Crippen LogP contribution in [-0.4, -0.2) is 47.1 Å². The smallest absolute Gasteiger partial charge is 0.252 e. The number of nitrogens with zero attached hydrogens (tertiary/aromatic N) is 2. The zero-order chi connectivity index (χ0) is 29.4. The molecule has 2 bridgehead atoms. The molecule has 1 saturated heterocycles. The van der Waals surface area contributed by atoms with Crippen molar-refractivity contribution in [3.8, 4) is 5.75 Å². The molecule has 3 aliphatic rings. The predicted molar refractivity (Wildman–Crippen MR) is 170 cm³/mol. The molecule has 1 amide bonds. The van der Waals surface area contributed by atoms with Gasteiger partial charge in [0.25, 0.3) is 5.91 Å². The van der Waals surface area contributed by atoms with Gasteiger partial charge in [-0.1, -0.05) is 58.5 Å². The number of benzene rings is 2. The summed E-state index contributed by atoms with van der Waals surface area (Å²) >= 11 is 26.9. The van der Waals surface area contributed by atoms with Crippen molar-refractivity contribution in [2.45, 2.75) is 70.3 Å². The minimum Gasteiger partial charge on any atom is -0.488 e. The molecule has 0 radical (unpaired) electrons. The van der Waals surface area contributed by atoms with E-state index in [0.29, 0.717) is 58.2 Å². The van der Waals surface area contributed by atoms with Crippen LogP contribution >= 0.6 is 57.7 Å². The fraction of sp³-hybridized carbons (Fsp3) is 0.419. The highest BCUT2D eigenvalue weighted by Gasteiger charge is 2.42. The third-order valence-electron chi connectivity index (χ3n) is 7.91. The van der Waals surface area contributed by atoms with E-state index in [0.717, 1.165) is 64.3 Å². The molecule has 2 aliphatic heterocycles. The van der Waals surface area contributed by atoms with Gasteiger partial charge in [-0.05, 0) is 73.9 Å². The quantitative estimate of drug-likeness (QED) is 0.209. The van der Waals surface area contributed by atoms with Gasteiger partial charge in [-0.15, -0.1) is 11.3 Å². The first-order valence-corrected chi connectivity index (χ1v) is 16.5. The van der Waals surface area contributed by atoms with Gasteiger partial charge in [0.05, 0.1) is 38.2 Å². The number of halogens is 4. The molecular formula is C31H31Cl4N3O3S. The van der Waals surface area contributed by atoms with Gasteiger partial charge in [0.15, 0.2) is 5.75 Å². The topological polar surface area (TPSA) is 63.7 Å². The summed E-state index contributed by atoms with van der Waals surface area (Å²) in [7, 11) is 0. The van der Waals surface area contributed by atoms with Gasteiger partial charge in [-0.2, -0.15) is 0 Å². The van der Waals surface area contributed by atoms with Crippen molar-refractivity contribution >= 4 is 69.2 Å². The molecule has 11 heteroatoms. The van der Waals surface area contributed by atoms with E-state index >= 15 is 0 Å².